The maximum absolute atomic E-state index is 14.2. The maximum atomic E-state index is 14.2. The molecule has 0 N–H and O–H groups in total. The molecule has 0 bridgehead atoms. The summed E-state index contributed by atoms with van der Waals surface area (Å²) in [5, 5.41) is 0. The predicted octanol–water partition coefficient (Wildman–Crippen LogP) is 2.52. The Morgan fingerprint density at radius 3 is 2.61 bits per heavy atom. The van der Waals surface area contributed by atoms with Crippen molar-refractivity contribution < 1.29 is 27.4 Å². The average Bonchev–Trinajstić information content (AvgIpc) is 3.02. The van der Waals surface area contributed by atoms with Crippen LogP contribution >= 0.6 is 0 Å². The van der Waals surface area contributed by atoms with E-state index in [1.807, 2.05) is 11.8 Å². The largest absolute Gasteiger partial charge is 0.396 e. The number of halogens is 3. The van der Waals surface area contributed by atoms with Gasteiger partial charge in [-0.1, -0.05) is 0 Å². The van der Waals surface area contributed by atoms with Crippen molar-refractivity contribution in [2.45, 2.75) is 57.8 Å². The van der Waals surface area contributed by atoms with Gasteiger partial charge in [0.15, 0.2) is 0 Å². The minimum atomic E-state index is -4.58. The zero-order valence-electron chi connectivity index (χ0n) is 17.8. The number of morpholine rings is 1. The molecule has 31 heavy (non-hydrogen) atoms. The van der Waals surface area contributed by atoms with Gasteiger partial charge in [0, 0.05) is 50.6 Å². The molecule has 10 heteroatoms. The summed E-state index contributed by atoms with van der Waals surface area (Å²) in [5.74, 6) is -1.32. The predicted molar refractivity (Wildman–Crippen MR) is 106 cm³/mol. The fourth-order valence-electron chi connectivity index (χ4n) is 4.87. The molecule has 2 saturated heterocycles. The summed E-state index contributed by atoms with van der Waals surface area (Å²) < 4.78 is 54.4. The lowest BCUT2D eigenvalue weighted by atomic mass is 9.74. The molecule has 0 amide bonds. The molecule has 0 spiro atoms. The van der Waals surface area contributed by atoms with Gasteiger partial charge in [-0.3, -0.25) is 14.2 Å². The standard InChI is InChI=1S/C21H28F3N3O4/c1-13-11-31-8-5-26(13)17-10-18(29)27-12-20(2,21(22,23)24)15(19(27)25-17)9-16(28)14-3-6-30-7-4-14/h10,13-15H,3-9,11-12H2,1-2H3/t13-,15?,20-/m1/s1. The van der Waals surface area contributed by atoms with Gasteiger partial charge in [0.05, 0.1) is 24.7 Å². The summed E-state index contributed by atoms with van der Waals surface area (Å²) >= 11 is 0. The number of hydrogen-bond donors (Lipinski definition) is 0. The normalized spacial score (nSPS) is 29.8. The number of hydrogen-bond acceptors (Lipinski definition) is 6. The van der Waals surface area contributed by atoms with Crippen LogP contribution in [0.1, 0.15) is 44.9 Å². The first-order chi connectivity index (χ1) is 14.6. The Morgan fingerprint density at radius 2 is 1.97 bits per heavy atom. The molecule has 1 aromatic heterocycles. The number of anilines is 1. The molecule has 0 aromatic carbocycles. The van der Waals surface area contributed by atoms with E-state index in [1.165, 1.54) is 6.07 Å². The van der Waals surface area contributed by atoms with E-state index in [0.717, 1.165) is 11.5 Å². The molecule has 0 radical (unpaired) electrons. The number of carbonyl (C=O) groups excluding carboxylic acids is 1. The van der Waals surface area contributed by atoms with Gasteiger partial charge in [-0.15, -0.1) is 0 Å². The van der Waals surface area contributed by atoms with Gasteiger partial charge in [-0.05, 0) is 26.7 Å². The van der Waals surface area contributed by atoms with E-state index in [0.29, 0.717) is 51.6 Å². The Balaban J connectivity index is 1.72. The first-order valence-corrected chi connectivity index (χ1v) is 10.7. The van der Waals surface area contributed by atoms with Crippen LogP contribution < -0.4 is 10.5 Å². The van der Waals surface area contributed by atoms with Crippen molar-refractivity contribution in [3.8, 4) is 0 Å². The van der Waals surface area contributed by atoms with Crippen molar-refractivity contribution in [2.24, 2.45) is 11.3 Å². The van der Waals surface area contributed by atoms with E-state index in [2.05, 4.69) is 4.98 Å². The molecule has 3 aliphatic heterocycles. The fraction of sp³-hybridized carbons (Fsp3) is 0.762. The van der Waals surface area contributed by atoms with Gasteiger partial charge in [-0.2, -0.15) is 13.2 Å². The topological polar surface area (TPSA) is 73.7 Å². The monoisotopic (exact) mass is 443 g/mol. The Bertz CT molecular complexity index is 897. The zero-order valence-corrected chi connectivity index (χ0v) is 17.8. The van der Waals surface area contributed by atoms with Crippen molar-refractivity contribution in [1.29, 1.82) is 0 Å². The van der Waals surface area contributed by atoms with Crippen LogP contribution in [0.15, 0.2) is 10.9 Å². The van der Waals surface area contributed by atoms with E-state index in [-0.39, 0.29) is 30.0 Å². The third kappa shape index (κ3) is 4.00. The minimum Gasteiger partial charge on any atom is -0.381 e. The molecule has 4 rings (SSSR count). The number of carbonyl (C=O) groups is 1. The quantitative estimate of drug-likeness (QED) is 0.712. The van der Waals surface area contributed by atoms with Crippen LogP contribution in [0.25, 0.3) is 0 Å². The molecular weight excluding hydrogens is 415 g/mol. The highest BCUT2D eigenvalue weighted by atomic mass is 19.4. The fourth-order valence-corrected chi connectivity index (χ4v) is 4.87. The number of aromatic nitrogens is 2. The van der Waals surface area contributed by atoms with E-state index < -0.39 is 29.6 Å². The summed E-state index contributed by atoms with van der Waals surface area (Å²) in [5.41, 5.74) is -2.75. The highest BCUT2D eigenvalue weighted by Gasteiger charge is 2.61. The molecular formula is C21H28F3N3O4. The van der Waals surface area contributed by atoms with Gasteiger partial charge >= 0.3 is 6.18 Å². The Morgan fingerprint density at radius 1 is 1.26 bits per heavy atom. The SMILES string of the molecule is C[C@@H]1COCCN1c1cc(=O)n2c(n1)C(CC(=O)C1CCOCC1)[C@](C)(C(F)(F)F)C2. The number of Topliss-reactive ketones (excluding diaryl/α,β-unsaturated/α-hetero) is 1. The second-order valence-electron chi connectivity index (χ2n) is 9.04. The highest BCUT2D eigenvalue weighted by molar-refractivity contribution is 5.82. The van der Waals surface area contributed by atoms with Crippen molar-refractivity contribution in [3.05, 3.63) is 22.2 Å². The van der Waals surface area contributed by atoms with Crippen LogP contribution in [0.3, 0.4) is 0 Å². The molecule has 1 unspecified atom stereocenters. The Hall–Kier alpha value is -1.94. The number of rotatable bonds is 4. The summed E-state index contributed by atoms with van der Waals surface area (Å²) in [6.07, 6.45) is -3.84. The average molecular weight is 443 g/mol. The maximum Gasteiger partial charge on any atom is 0.396 e. The van der Waals surface area contributed by atoms with Crippen LogP contribution in [-0.4, -0.2) is 60.5 Å². The molecule has 3 atom stereocenters. The minimum absolute atomic E-state index is 0.0542. The third-order valence-corrected chi connectivity index (χ3v) is 6.98. The van der Waals surface area contributed by atoms with E-state index >= 15 is 0 Å². The van der Waals surface area contributed by atoms with E-state index in [4.69, 9.17) is 9.47 Å². The van der Waals surface area contributed by atoms with Crippen LogP contribution in [0.4, 0.5) is 19.0 Å². The second kappa shape index (κ2) is 8.20. The smallest absolute Gasteiger partial charge is 0.381 e. The van der Waals surface area contributed by atoms with E-state index in [9.17, 15) is 22.8 Å². The van der Waals surface area contributed by atoms with Crippen LogP contribution in [0, 0.1) is 11.3 Å². The molecule has 1 aromatic rings. The molecule has 172 valence electrons. The molecule has 2 fully saturated rings. The number of alkyl halides is 3. The van der Waals surface area contributed by atoms with Crippen molar-refractivity contribution in [1.82, 2.24) is 9.55 Å². The number of fused-ring (bicyclic) bond motifs is 1. The van der Waals surface area contributed by atoms with Gasteiger partial charge in [0.2, 0.25) is 0 Å². The van der Waals surface area contributed by atoms with Crippen molar-refractivity contribution in [3.63, 3.8) is 0 Å². The summed E-state index contributed by atoms with van der Waals surface area (Å²) in [6.45, 7) is 4.76. The molecule has 0 saturated carbocycles. The summed E-state index contributed by atoms with van der Waals surface area (Å²) in [4.78, 5) is 32.2. The second-order valence-corrected chi connectivity index (χ2v) is 9.04. The third-order valence-electron chi connectivity index (χ3n) is 6.98. The molecule has 3 aliphatic rings. The lowest BCUT2D eigenvalue weighted by Crippen LogP contribution is -2.45. The number of ketones is 1. The lowest BCUT2D eigenvalue weighted by Gasteiger charge is -2.35. The molecule has 4 heterocycles. The zero-order chi connectivity index (χ0) is 22.4. The Kier molecular flexibility index (Phi) is 5.89. The van der Waals surface area contributed by atoms with Gasteiger partial charge in [-0.25, -0.2) is 4.98 Å². The van der Waals surface area contributed by atoms with Crippen molar-refractivity contribution >= 4 is 11.6 Å². The number of ether oxygens (including phenoxy) is 2. The van der Waals surface area contributed by atoms with Crippen LogP contribution in [0.2, 0.25) is 0 Å². The summed E-state index contributed by atoms with van der Waals surface area (Å²) in [6, 6.07) is 1.24. The van der Waals surface area contributed by atoms with Crippen LogP contribution in [-0.2, 0) is 20.8 Å². The van der Waals surface area contributed by atoms with Gasteiger partial charge in [0.1, 0.15) is 17.4 Å². The lowest BCUT2D eigenvalue weighted by molar-refractivity contribution is -0.225. The highest BCUT2D eigenvalue weighted by Crippen LogP contribution is 2.54. The summed E-state index contributed by atoms with van der Waals surface area (Å²) in [7, 11) is 0. The molecule has 7 nitrogen and oxygen atoms in total. The van der Waals surface area contributed by atoms with Gasteiger partial charge < -0.3 is 14.4 Å². The Labute approximate surface area is 178 Å². The first-order valence-electron chi connectivity index (χ1n) is 10.7. The first kappa shape index (κ1) is 22.3. The molecule has 0 aliphatic carbocycles. The van der Waals surface area contributed by atoms with Crippen molar-refractivity contribution in [2.75, 3.05) is 37.9 Å². The van der Waals surface area contributed by atoms with E-state index in [1.54, 1.807) is 0 Å². The van der Waals surface area contributed by atoms with Gasteiger partial charge in [0.25, 0.3) is 5.56 Å². The van der Waals surface area contributed by atoms with Crippen LogP contribution in [0.5, 0.6) is 0 Å². The number of nitrogens with zero attached hydrogens (tertiary/aromatic N) is 3.